The van der Waals surface area contributed by atoms with E-state index in [1.54, 1.807) is 7.11 Å². The van der Waals surface area contributed by atoms with Gasteiger partial charge in [0.05, 0.1) is 20.1 Å². The predicted octanol–water partition coefficient (Wildman–Crippen LogP) is -1.17. The van der Waals surface area contributed by atoms with Gasteiger partial charge in [-0.1, -0.05) is 0 Å². The molecule has 0 saturated heterocycles. The minimum atomic E-state index is -0.125. The molecule has 0 rings (SSSR count). The van der Waals surface area contributed by atoms with Crippen LogP contribution in [0.1, 0.15) is 0 Å². The van der Waals surface area contributed by atoms with Gasteiger partial charge in [0.2, 0.25) is 0 Å². The van der Waals surface area contributed by atoms with Crippen molar-refractivity contribution in [3.05, 3.63) is 0 Å². The average molecular weight is 135 g/mol. The summed E-state index contributed by atoms with van der Waals surface area (Å²) >= 11 is 0. The van der Waals surface area contributed by atoms with Gasteiger partial charge in [0.15, 0.2) is 0 Å². The maximum atomic E-state index is 8.46. The maximum absolute atomic E-state index is 8.46. The van der Waals surface area contributed by atoms with Crippen LogP contribution in [0.4, 0.5) is 0 Å². The molecule has 0 fully saturated rings. The number of aliphatic hydroxyl groups excluding tert-OH is 2. The Labute approximate surface area is 54.7 Å². The van der Waals surface area contributed by atoms with Crippen molar-refractivity contribution in [2.75, 3.05) is 33.7 Å². The SMILES string of the molecule is COCCN(CO)CO. The normalized spacial score (nSPS) is 10.7. The minimum absolute atomic E-state index is 0.125. The fraction of sp³-hybridized carbons (Fsp3) is 1.00. The highest BCUT2D eigenvalue weighted by Crippen LogP contribution is 1.81. The molecule has 0 aliphatic carbocycles. The molecule has 0 atom stereocenters. The molecule has 0 aromatic rings. The second kappa shape index (κ2) is 5.97. The van der Waals surface area contributed by atoms with Crippen LogP contribution in [0, 0.1) is 0 Å². The van der Waals surface area contributed by atoms with E-state index in [0.717, 1.165) is 0 Å². The summed E-state index contributed by atoms with van der Waals surface area (Å²) in [6, 6.07) is 0. The van der Waals surface area contributed by atoms with Gasteiger partial charge in [-0.3, -0.25) is 4.90 Å². The highest BCUT2D eigenvalue weighted by molar-refractivity contribution is 4.42. The van der Waals surface area contributed by atoms with Crippen molar-refractivity contribution in [2.45, 2.75) is 0 Å². The minimum Gasteiger partial charge on any atom is -0.383 e. The first-order valence-corrected chi connectivity index (χ1v) is 2.78. The second-order valence-corrected chi connectivity index (χ2v) is 1.67. The van der Waals surface area contributed by atoms with Crippen molar-refractivity contribution in [3.63, 3.8) is 0 Å². The van der Waals surface area contributed by atoms with Gasteiger partial charge in [-0.05, 0) is 0 Å². The molecule has 0 bridgehead atoms. The molecule has 2 N–H and O–H groups in total. The summed E-state index contributed by atoms with van der Waals surface area (Å²) in [6.45, 7) is 0.838. The van der Waals surface area contributed by atoms with E-state index in [4.69, 9.17) is 14.9 Å². The number of ether oxygens (including phenoxy) is 1. The van der Waals surface area contributed by atoms with Crippen molar-refractivity contribution in [1.82, 2.24) is 4.90 Å². The third-order valence-corrected chi connectivity index (χ3v) is 1.01. The zero-order valence-corrected chi connectivity index (χ0v) is 5.58. The van der Waals surface area contributed by atoms with E-state index < -0.39 is 0 Å². The number of hydrogen-bond acceptors (Lipinski definition) is 4. The van der Waals surface area contributed by atoms with Gasteiger partial charge in [0, 0.05) is 13.7 Å². The first-order chi connectivity index (χ1) is 4.35. The zero-order chi connectivity index (χ0) is 7.11. The summed E-state index contributed by atoms with van der Waals surface area (Å²) in [4.78, 5) is 1.45. The van der Waals surface area contributed by atoms with Gasteiger partial charge in [-0.15, -0.1) is 0 Å². The van der Waals surface area contributed by atoms with Crippen molar-refractivity contribution < 1.29 is 14.9 Å². The molecule has 0 unspecified atom stereocenters. The topological polar surface area (TPSA) is 52.9 Å². The fourth-order valence-corrected chi connectivity index (χ4v) is 0.407. The Balaban J connectivity index is 3.09. The van der Waals surface area contributed by atoms with Gasteiger partial charge in [0.25, 0.3) is 0 Å². The van der Waals surface area contributed by atoms with Gasteiger partial charge < -0.3 is 14.9 Å². The predicted molar refractivity (Wildman–Crippen MR) is 32.8 cm³/mol. The molecule has 0 radical (unpaired) electrons. The molecular formula is C5H13NO3. The average Bonchev–Trinajstić information content (AvgIpc) is 1.91. The molecule has 0 heterocycles. The molecule has 0 aliphatic heterocycles. The monoisotopic (exact) mass is 135 g/mol. The van der Waals surface area contributed by atoms with E-state index in [0.29, 0.717) is 13.2 Å². The van der Waals surface area contributed by atoms with Gasteiger partial charge in [-0.25, -0.2) is 0 Å². The highest BCUT2D eigenvalue weighted by atomic mass is 16.5. The standard InChI is InChI=1S/C5H13NO3/c1-9-3-2-6(4-7)5-8/h7-8H,2-5H2,1H3. The summed E-state index contributed by atoms with van der Waals surface area (Å²) in [5.41, 5.74) is 0. The summed E-state index contributed by atoms with van der Waals surface area (Å²) in [5, 5.41) is 16.9. The Bertz CT molecular complexity index is 56.2. The maximum Gasteiger partial charge on any atom is 0.0975 e. The number of hydrogen-bond donors (Lipinski definition) is 2. The number of rotatable bonds is 5. The van der Waals surface area contributed by atoms with Crippen LogP contribution in [0.15, 0.2) is 0 Å². The lowest BCUT2D eigenvalue weighted by Gasteiger charge is -2.14. The van der Waals surface area contributed by atoms with Crippen LogP contribution in [0.3, 0.4) is 0 Å². The smallest absolute Gasteiger partial charge is 0.0975 e. The summed E-state index contributed by atoms with van der Waals surface area (Å²) in [6.07, 6.45) is 0. The van der Waals surface area contributed by atoms with Crippen LogP contribution in [0.5, 0.6) is 0 Å². The third kappa shape index (κ3) is 4.35. The Morgan fingerprint density at radius 2 is 1.89 bits per heavy atom. The van der Waals surface area contributed by atoms with Gasteiger partial charge in [-0.2, -0.15) is 0 Å². The Hall–Kier alpha value is -0.160. The first-order valence-electron chi connectivity index (χ1n) is 2.78. The quantitative estimate of drug-likeness (QED) is 0.467. The molecule has 0 spiro atoms. The molecule has 0 saturated carbocycles. The summed E-state index contributed by atoms with van der Waals surface area (Å²) in [5.74, 6) is 0. The Kier molecular flexibility index (Phi) is 5.86. The largest absolute Gasteiger partial charge is 0.383 e. The van der Waals surface area contributed by atoms with Crippen molar-refractivity contribution in [1.29, 1.82) is 0 Å². The lowest BCUT2D eigenvalue weighted by molar-refractivity contribution is 0.0126. The first kappa shape index (κ1) is 8.84. The molecule has 4 nitrogen and oxygen atoms in total. The number of methoxy groups -OCH3 is 1. The van der Waals surface area contributed by atoms with Crippen LogP contribution in [-0.2, 0) is 4.74 Å². The van der Waals surface area contributed by atoms with E-state index in [-0.39, 0.29) is 13.5 Å². The Morgan fingerprint density at radius 3 is 2.22 bits per heavy atom. The molecule has 9 heavy (non-hydrogen) atoms. The van der Waals surface area contributed by atoms with Crippen LogP contribution < -0.4 is 0 Å². The van der Waals surface area contributed by atoms with E-state index in [1.165, 1.54) is 4.90 Å². The molecular weight excluding hydrogens is 122 g/mol. The summed E-state index contributed by atoms with van der Waals surface area (Å²) in [7, 11) is 1.58. The van der Waals surface area contributed by atoms with Crippen LogP contribution in [-0.4, -0.2) is 48.8 Å². The van der Waals surface area contributed by atoms with Gasteiger partial charge >= 0.3 is 0 Å². The van der Waals surface area contributed by atoms with E-state index in [2.05, 4.69) is 0 Å². The van der Waals surface area contributed by atoms with Crippen LogP contribution >= 0.6 is 0 Å². The van der Waals surface area contributed by atoms with E-state index in [1.807, 2.05) is 0 Å². The molecule has 56 valence electrons. The second-order valence-electron chi connectivity index (χ2n) is 1.67. The highest BCUT2D eigenvalue weighted by Gasteiger charge is 1.97. The zero-order valence-electron chi connectivity index (χ0n) is 5.58. The van der Waals surface area contributed by atoms with Gasteiger partial charge in [0.1, 0.15) is 0 Å². The van der Waals surface area contributed by atoms with Crippen molar-refractivity contribution in [3.8, 4) is 0 Å². The molecule has 0 aromatic heterocycles. The molecule has 4 heteroatoms. The van der Waals surface area contributed by atoms with Crippen LogP contribution in [0.2, 0.25) is 0 Å². The summed E-state index contributed by atoms with van der Waals surface area (Å²) < 4.78 is 4.71. The Morgan fingerprint density at radius 1 is 1.33 bits per heavy atom. The van der Waals surface area contributed by atoms with Crippen molar-refractivity contribution in [2.24, 2.45) is 0 Å². The van der Waals surface area contributed by atoms with Crippen LogP contribution in [0.25, 0.3) is 0 Å². The fourth-order valence-electron chi connectivity index (χ4n) is 0.407. The van der Waals surface area contributed by atoms with E-state index >= 15 is 0 Å². The number of aliphatic hydroxyl groups is 2. The molecule has 0 amide bonds. The third-order valence-electron chi connectivity index (χ3n) is 1.01. The molecule has 0 aliphatic rings. The van der Waals surface area contributed by atoms with E-state index in [9.17, 15) is 0 Å². The van der Waals surface area contributed by atoms with Crippen molar-refractivity contribution >= 4 is 0 Å². The lowest BCUT2D eigenvalue weighted by atomic mass is 10.6. The number of nitrogens with zero attached hydrogens (tertiary/aromatic N) is 1. The lowest BCUT2D eigenvalue weighted by Crippen LogP contribution is -2.29. The molecule has 0 aromatic carbocycles.